The Hall–Kier alpha value is -1.51. The summed E-state index contributed by atoms with van der Waals surface area (Å²) in [6, 6.07) is 8.28. The van der Waals surface area contributed by atoms with Gasteiger partial charge in [0.05, 0.1) is 10.2 Å². The predicted octanol–water partition coefficient (Wildman–Crippen LogP) is 4.18. The van der Waals surface area contributed by atoms with E-state index in [0.717, 1.165) is 41.6 Å². The van der Waals surface area contributed by atoms with Gasteiger partial charge in [0.25, 0.3) is 0 Å². The molecule has 1 atom stereocenters. The Labute approximate surface area is 174 Å². The van der Waals surface area contributed by atoms with E-state index in [1.807, 2.05) is 6.07 Å². The summed E-state index contributed by atoms with van der Waals surface area (Å²) in [5, 5.41) is 22.9. The monoisotopic (exact) mass is 416 g/mol. The van der Waals surface area contributed by atoms with Gasteiger partial charge in [0.15, 0.2) is 0 Å². The van der Waals surface area contributed by atoms with Crippen molar-refractivity contribution in [2.24, 2.45) is 0 Å². The third-order valence-electron chi connectivity index (χ3n) is 4.81. The SMILES string of the molecule is CC(C)(C)NCCC(O)Nc1sc2c(c1-c1nc3ccccc3s1)CCNC2. The largest absolute Gasteiger partial charge is 0.374 e. The normalized spacial score (nSPS) is 15.6. The van der Waals surface area contributed by atoms with Crippen molar-refractivity contribution in [1.29, 1.82) is 0 Å². The number of anilines is 1. The van der Waals surface area contributed by atoms with Gasteiger partial charge in [-0.1, -0.05) is 12.1 Å². The lowest BCUT2D eigenvalue weighted by molar-refractivity contribution is 0.189. The standard InChI is InChI=1S/C21H28N4OS2/c1-21(2,3)23-11-9-17(26)25-20-18(13-8-10-22-12-16(13)28-20)19-24-14-6-4-5-7-15(14)27-19/h4-7,17,22-23,25-26H,8-12H2,1-3H3. The zero-order valence-electron chi connectivity index (χ0n) is 16.6. The maximum absolute atomic E-state index is 10.6. The van der Waals surface area contributed by atoms with Crippen LogP contribution >= 0.6 is 22.7 Å². The van der Waals surface area contributed by atoms with E-state index < -0.39 is 6.23 Å². The lowest BCUT2D eigenvalue weighted by atomic mass is 10.0. The molecule has 0 saturated carbocycles. The summed E-state index contributed by atoms with van der Waals surface area (Å²) in [6.45, 7) is 9.05. The van der Waals surface area contributed by atoms with E-state index in [1.54, 1.807) is 22.7 Å². The number of thiophene rings is 1. The topological polar surface area (TPSA) is 69.2 Å². The maximum atomic E-state index is 10.6. The zero-order valence-corrected chi connectivity index (χ0v) is 18.3. The van der Waals surface area contributed by atoms with Gasteiger partial charge in [0, 0.05) is 28.9 Å². The van der Waals surface area contributed by atoms with Crippen molar-refractivity contribution in [3.05, 3.63) is 34.7 Å². The van der Waals surface area contributed by atoms with Crippen LogP contribution in [0.5, 0.6) is 0 Å². The number of thiazole rings is 1. The molecule has 4 N–H and O–H groups in total. The van der Waals surface area contributed by atoms with Gasteiger partial charge in [-0.2, -0.15) is 0 Å². The number of nitrogens with zero attached hydrogens (tertiary/aromatic N) is 1. The van der Waals surface area contributed by atoms with E-state index in [9.17, 15) is 5.11 Å². The molecule has 1 aliphatic rings. The zero-order chi connectivity index (χ0) is 19.7. The lowest BCUT2D eigenvalue weighted by Gasteiger charge is -2.22. The van der Waals surface area contributed by atoms with E-state index in [2.05, 4.69) is 54.9 Å². The van der Waals surface area contributed by atoms with Gasteiger partial charge in [0.1, 0.15) is 16.2 Å². The number of nitrogens with one attached hydrogen (secondary N) is 3. The number of benzene rings is 1. The van der Waals surface area contributed by atoms with Crippen LogP contribution in [0.2, 0.25) is 0 Å². The van der Waals surface area contributed by atoms with Crippen LogP contribution in [0.15, 0.2) is 24.3 Å². The van der Waals surface area contributed by atoms with Crippen molar-refractivity contribution in [1.82, 2.24) is 15.6 Å². The first-order valence-electron chi connectivity index (χ1n) is 9.81. The van der Waals surface area contributed by atoms with Crippen LogP contribution in [-0.2, 0) is 13.0 Å². The molecule has 1 aliphatic heterocycles. The molecule has 2 aromatic heterocycles. The second-order valence-electron chi connectivity index (χ2n) is 8.25. The average molecular weight is 417 g/mol. The van der Waals surface area contributed by atoms with Gasteiger partial charge in [-0.15, -0.1) is 22.7 Å². The van der Waals surface area contributed by atoms with Crippen LogP contribution in [0.25, 0.3) is 20.8 Å². The molecule has 3 aromatic rings. The van der Waals surface area contributed by atoms with E-state index in [-0.39, 0.29) is 5.54 Å². The Bertz CT molecular complexity index is 924. The third kappa shape index (κ3) is 4.39. The minimum absolute atomic E-state index is 0.0551. The van der Waals surface area contributed by atoms with E-state index in [0.29, 0.717) is 6.42 Å². The summed E-state index contributed by atoms with van der Waals surface area (Å²) in [6.07, 6.45) is 1.06. The molecule has 0 bridgehead atoms. The number of para-hydroxylation sites is 1. The number of hydrogen-bond acceptors (Lipinski definition) is 7. The van der Waals surface area contributed by atoms with E-state index in [4.69, 9.17) is 4.98 Å². The Balaban J connectivity index is 1.61. The van der Waals surface area contributed by atoms with Crippen LogP contribution in [0, 0.1) is 0 Å². The predicted molar refractivity (Wildman–Crippen MR) is 120 cm³/mol. The number of rotatable bonds is 6. The molecule has 5 nitrogen and oxygen atoms in total. The highest BCUT2D eigenvalue weighted by Crippen LogP contribution is 2.44. The molecule has 4 rings (SSSR count). The third-order valence-corrected chi connectivity index (χ3v) is 7.02. The minimum Gasteiger partial charge on any atom is -0.374 e. The van der Waals surface area contributed by atoms with Crippen molar-refractivity contribution in [3.63, 3.8) is 0 Å². The van der Waals surface area contributed by atoms with E-state index in [1.165, 1.54) is 20.7 Å². The molecule has 0 saturated heterocycles. The Morgan fingerprint density at radius 3 is 2.86 bits per heavy atom. The fourth-order valence-corrected chi connectivity index (χ4v) is 5.82. The summed E-state index contributed by atoms with van der Waals surface area (Å²) >= 11 is 3.48. The Morgan fingerprint density at radius 1 is 1.25 bits per heavy atom. The average Bonchev–Trinajstić information content (AvgIpc) is 3.20. The fourth-order valence-electron chi connectivity index (χ4n) is 3.45. The molecule has 150 valence electrons. The quantitative estimate of drug-likeness (QED) is 0.454. The molecule has 0 fully saturated rings. The molecule has 1 unspecified atom stereocenters. The highest BCUT2D eigenvalue weighted by atomic mass is 32.1. The number of hydrogen-bond donors (Lipinski definition) is 4. The summed E-state index contributed by atoms with van der Waals surface area (Å²) < 4.78 is 1.20. The van der Waals surface area contributed by atoms with Crippen molar-refractivity contribution in [3.8, 4) is 10.6 Å². The second-order valence-corrected chi connectivity index (χ2v) is 10.4. The molecule has 0 amide bonds. The molecule has 0 radical (unpaired) electrons. The molecule has 7 heteroatoms. The van der Waals surface area contributed by atoms with Crippen molar-refractivity contribution < 1.29 is 5.11 Å². The van der Waals surface area contributed by atoms with Gasteiger partial charge < -0.3 is 21.1 Å². The van der Waals surface area contributed by atoms with Gasteiger partial charge in [0.2, 0.25) is 0 Å². The lowest BCUT2D eigenvalue weighted by Crippen LogP contribution is -2.38. The van der Waals surface area contributed by atoms with Gasteiger partial charge in [-0.05, 0) is 58.0 Å². The highest BCUT2D eigenvalue weighted by molar-refractivity contribution is 7.22. The van der Waals surface area contributed by atoms with Crippen LogP contribution < -0.4 is 16.0 Å². The first-order chi connectivity index (χ1) is 13.4. The van der Waals surface area contributed by atoms with Gasteiger partial charge in [-0.3, -0.25) is 0 Å². The Kier molecular flexibility index (Phi) is 5.71. The summed E-state index contributed by atoms with van der Waals surface area (Å²) in [4.78, 5) is 6.25. The smallest absolute Gasteiger partial charge is 0.127 e. The highest BCUT2D eigenvalue weighted by Gasteiger charge is 2.25. The fraction of sp³-hybridized carbons (Fsp3) is 0.476. The van der Waals surface area contributed by atoms with E-state index >= 15 is 0 Å². The van der Waals surface area contributed by atoms with Crippen LogP contribution in [-0.4, -0.2) is 34.9 Å². The van der Waals surface area contributed by atoms with Gasteiger partial charge >= 0.3 is 0 Å². The molecule has 0 aliphatic carbocycles. The number of aliphatic hydroxyl groups excluding tert-OH is 1. The molecule has 0 spiro atoms. The molecular formula is C21H28N4OS2. The second kappa shape index (κ2) is 8.08. The molecule has 1 aromatic carbocycles. The summed E-state index contributed by atoms with van der Waals surface area (Å²) in [5.74, 6) is 0. The van der Waals surface area contributed by atoms with Crippen molar-refractivity contribution >= 4 is 37.9 Å². The van der Waals surface area contributed by atoms with Crippen LogP contribution in [0.4, 0.5) is 5.00 Å². The van der Waals surface area contributed by atoms with Crippen LogP contribution in [0.3, 0.4) is 0 Å². The number of aromatic nitrogens is 1. The minimum atomic E-state index is -0.587. The maximum Gasteiger partial charge on any atom is 0.127 e. The van der Waals surface area contributed by atoms with Gasteiger partial charge in [-0.25, -0.2) is 4.98 Å². The van der Waals surface area contributed by atoms with Crippen LogP contribution in [0.1, 0.15) is 37.6 Å². The van der Waals surface area contributed by atoms with Crippen molar-refractivity contribution in [2.75, 3.05) is 18.4 Å². The number of aliphatic hydroxyl groups is 1. The molecule has 28 heavy (non-hydrogen) atoms. The first kappa shape index (κ1) is 19.8. The molecule has 3 heterocycles. The summed E-state index contributed by atoms with van der Waals surface area (Å²) in [5.41, 5.74) is 3.66. The first-order valence-corrected chi connectivity index (χ1v) is 11.4. The number of fused-ring (bicyclic) bond motifs is 2. The van der Waals surface area contributed by atoms with Crippen molar-refractivity contribution in [2.45, 2.75) is 51.9 Å². The summed E-state index contributed by atoms with van der Waals surface area (Å²) in [7, 11) is 0. The molecular weight excluding hydrogens is 388 g/mol. The Morgan fingerprint density at radius 2 is 2.07 bits per heavy atom.